The molecule has 0 radical (unpaired) electrons. The fraction of sp³-hybridized carbons (Fsp3) is 0.625. The van der Waals surface area contributed by atoms with Gasteiger partial charge in [0.05, 0.1) is 5.02 Å². The molecule has 4 nitrogen and oxygen atoms in total. The van der Waals surface area contributed by atoms with Crippen molar-refractivity contribution in [3.8, 4) is 5.75 Å². The lowest BCUT2D eigenvalue weighted by Crippen LogP contribution is -2.47. The van der Waals surface area contributed by atoms with Gasteiger partial charge in [0.2, 0.25) is 0 Å². The second kappa shape index (κ2) is 9.92. The highest BCUT2D eigenvalue weighted by Crippen LogP contribution is 2.37. The highest BCUT2D eigenvalue weighted by molar-refractivity contribution is 6.32. The van der Waals surface area contributed by atoms with Gasteiger partial charge in [0.25, 0.3) is 0 Å². The second-order valence-corrected chi connectivity index (χ2v) is 6.30. The van der Waals surface area contributed by atoms with Crippen LogP contribution >= 0.6 is 36.4 Å². The molecule has 2 heterocycles. The van der Waals surface area contributed by atoms with Crippen LogP contribution in [-0.2, 0) is 4.74 Å². The highest BCUT2D eigenvalue weighted by Gasteiger charge is 2.31. The van der Waals surface area contributed by atoms with Crippen LogP contribution in [0.15, 0.2) is 18.2 Å². The quantitative estimate of drug-likeness (QED) is 0.841. The van der Waals surface area contributed by atoms with Gasteiger partial charge >= 0.3 is 0 Å². The lowest BCUT2D eigenvalue weighted by Gasteiger charge is -2.41. The molecular weight excluding hydrogens is 359 g/mol. The predicted molar refractivity (Wildman–Crippen MR) is 98.3 cm³/mol. The molecule has 23 heavy (non-hydrogen) atoms. The Kier molecular flexibility index (Phi) is 8.98. The second-order valence-electron chi connectivity index (χ2n) is 5.89. The van der Waals surface area contributed by atoms with E-state index in [9.17, 15) is 5.11 Å². The van der Waals surface area contributed by atoms with Crippen molar-refractivity contribution < 1.29 is 9.84 Å². The molecule has 0 aromatic heterocycles. The van der Waals surface area contributed by atoms with E-state index >= 15 is 0 Å². The van der Waals surface area contributed by atoms with E-state index in [1.54, 1.807) is 6.07 Å². The number of benzene rings is 1. The summed E-state index contributed by atoms with van der Waals surface area (Å²) in [6.07, 6.45) is 2.18. The molecule has 2 saturated heterocycles. The molecule has 3 rings (SSSR count). The third-order valence-corrected chi connectivity index (χ3v) is 4.87. The molecule has 2 fully saturated rings. The first kappa shape index (κ1) is 20.8. The maximum Gasteiger partial charge on any atom is 0.134 e. The summed E-state index contributed by atoms with van der Waals surface area (Å²) in [5, 5.41) is 13.5. The first-order valence-corrected chi connectivity index (χ1v) is 8.14. The van der Waals surface area contributed by atoms with Crippen LogP contribution in [0.3, 0.4) is 0 Å². The molecule has 2 aliphatic rings. The van der Waals surface area contributed by atoms with E-state index < -0.39 is 0 Å². The summed E-state index contributed by atoms with van der Waals surface area (Å²) >= 11 is 6.13. The van der Waals surface area contributed by atoms with Crippen molar-refractivity contribution in [2.75, 3.05) is 39.4 Å². The lowest BCUT2D eigenvalue weighted by molar-refractivity contribution is 0.0213. The fourth-order valence-corrected chi connectivity index (χ4v) is 3.67. The molecule has 0 spiro atoms. The molecule has 0 amide bonds. The Hall–Kier alpha value is -0.230. The van der Waals surface area contributed by atoms with Crippen molar-refractivity contribution in [2.45, 2.75) is 18.9 Å². The van der Waals surface area contributed by atoms with Gasteiger partial charge in [-0.15, -0.1) is 24.8 Å². The summed E-state index contributed by atoms with van der Waals surface area (Å²) < 4.78 is 5.52. The Morgan fingerprint density at radius 1 is 1.17 bits per heavy atom. The minimum Gasteiger partial charge on any atom is -0.506 e. The Labute approximate surface area is 155 Å². The Bertz CT molecular complexity index is 460. The smallest absolute Gasteiger partial charge is 0.134 e. The molecule has 1 aromatic rings. The Balaban J connectivity index is 0.00000132. The van der Waals surface area contributed by atoms with E-state index in [2.05, 4.69) is 10.2 Å². The largest absolute Gasteiger partial charge is 0.506 e. The summed E-state index contributed by atoms with van der Waals surface area (Å²) in [6.45, 7) is 5.87. The van der Waals surface area contributed by atoms with Gasteiger partial charge in [-0.2, -0.15) is 0 Å². The van der Waals surface area contributed by atoms with Crippen LogP contribution in [-0.4, -0.2) is 49.4 Å². The Morgan fingerprint density at radius 2 is 1.83 bits per heavy atom. The van der Waals surface area contributed by atoms with Crippen molar-refractivity contribution in [1.29, 1.82) is 0 Å². The first-order chi connectivity index (χ1) is 10.3. The van der Waals surface area contributed by atoms with Crippen LogP contribution in [0.1, 0.15) is 24.4 Å². The number of halogens is 3. The number of phenols is 1. The van der Waals surface area contributed by atoms with Crippen LogP contribution in [0.4, 0.5) is 0 Å². The molecule has 2 aliphatic heterocycles. The van der Waals surface area contributed by atoms with E-state index in [1.165, 1.54) is 5.56 Å². The van der Waals surface area contributed by atoms with Gasteiger partial charge in [0, 0.05) is 45.4 Å². The molecule has 7 heteroatoms. The third-order valence-electron chi connectivity index (χ3n) is 4.57. The van der Waals surface area contributed by atoms with Crippen molar-refractivity contribution in [1.82, 2.24) is 10.2 Å². The fourth-order valence-electron chi connectivity index (χ4n) is 3.48. The number of phenolic OH excluding ortho intramolecular Hbond substituents is 1. The van der Waals surface area contributed by atoms with E-state index in [0.29, 0.717) is 17.0 Å². The van der Waals surface area contributed by atoms with Crippen LogP contribution in [0.5, 0.6) is 5.75 Å². The van der Waals surface area contributed by atoms with Gasteiger partial charge in [-0.3, -0.25) is 4.90 Å². The van der Waals surface area contributed by atoms with E-state index in [0.717, 1.165) is 52.2 Å². The number of nitrogens with one attached hydrogen (secondary N) is 1. The average Bonchev–Trinajstić information content (AvgIpc) is 2.53. The van der Waals surface area contributed by atoms with Gasteiger partial charge in [0.1, 0.15) is 5.75 Å². The SMILES string of the molecule is Cl.Cl.Oc1ccc([C@@H](C2CCOCC2)N2CCNCC2)cc1Cl. The minimum absolute atomic E-state index is 0. The lowest BCUT2D eigenvalue weighted by atomic mass is 9.85. The monoisotopic (exact) mass is 382 g/mol. The first-order valence-electron chi connectivity index (χ1n) is 7.76. The molecule has 2 N–H and O–H groups in total. The van der Waals surface area contributed by atoms with Crippen molar-refractivity contribution in [3.05, 3.63) is 28.8 Å². The molecule has 0 unspecified atom stereocenters. The number of hydrogen-bond acceptors (Lipinski definition) is 4. The van der Waals surface area contributed by atoms with E-state index in [1.807, 2.05) is 12.1 Å². The Morgan fingerprint density at radius 3 is 2.43 bits per heavy atom. The highest BCUT2D eigenvalue weighted by atomic mass is 35.5. The molecule has 132 valence electrons. The zero-order chi connectivity index (χ0) is 14.7. The summed E-state index contributed by atoms with van der Waals surface area (Å²) in [5.41, 5.74) is 1.21. The molecule has 0 bridgehead atoms. The predicted octanol–water partition coefficient (Wildman–Crippen LogP) is 3.26. The van der Waals surface area contributed by atoms with Gasteiger partial charge in [-0.1, -0.05) is 17.7 Å². The summed E-state index contributed by atoms with van der Waals surface area (Å²) in [6, 6.07) is 6.03. The molecule has 0 saturated carbocycles. The summed E-state index contributed by atoms with van der Waals surface area (Å²) in [4.78, 5) is 2.55. The zero-order valence-electron chi connectivity index (χ0n) is 13.0. The number of aromatic hydroxyl groups is 1. The van der Waals surface area contributed by atoms with Gasteiger partial charge in [-0.25, -0.2) is 0 Å². The van der Waals surface area contributed by atoms with Crippen molar-refractivity contribution >= 4 is 36.4 Å². The number of piperazine rings is 1. The van der Waals surface area contributed by atoms with E-state index in [4.69, 9.17) is 16.3 Å². The molecule has 1 aromatic carbocycles. The van der Waals surface area contributed by atoms with Crippen molar-refractivity contribution in [2.24, 2.45) is 5.92 Å². The van der Waals surface area contributed by atoms with Crippen LogP contribution in [0.2, 0.25) is 5.02 Å². The number of nitrogens with zero attached hydrogens (tertiary/aromatic N) is 1. The third kappa shape index (κ3) is 5.12. The van der Waals surface area contributed by atoms with Crippen LogP contribution in [0.25, 0.3) is 0 Å². The number of hydrogen-bond donors (Lipinski definition) is 2. The van der Waals surface area contributed by atoms with Gasteiger partial charge < -0.3 is 15.2 Å². The van der Waals surface area contributed by atoms with Crippen LogP contribution < -0.4 is 5.32 Å². The molecule has 0 aliphatic carbocycles. The zero-order valence-corrected chi connectivity index (χ0v) is 15.4. The number of ether oxygens (including phenoxy) is 1. The van der Waals surface area contributed by atoms with Gasteiger partial charge in [-0.05, 0) is 36.5 Å². The maximum atomic E-state index is 9.67. The number of rotatable bonds is 3. The normalized spacial score (nSPS) is 21.1. The van der Waals surface area contributed by atoms with E-state index in [-0.39, 0.29) is 30.6 Å². The average molecular weight is 384 g/mol. The summed E-state index contributed by atoms with van der Waals surface area (Å²) in [5.74, 6) is 0.754. The maximum absolute atomic E-state index is 9.67. The summed E-state index contributed by atoms with van der Waals surface area (Å²) in [7, 11) is 0. The molecular formula is C16H25Cl3N2O2. The topological polar surface area (TPSA) is 44.7 Å². The van der Waals surface area contributed by atoms with Crippen molar-refractivity contribution in [3.63, 3.8) is 0 Å². The standard InChI is InChI=1S/C16H23ClN2O2.2ClH/c17-14-11-13(1-2-15(14)20)16(12-3-9-21-10-4-12)19-7-5-18-6-8-19;;/h1-2,11-12,16,18,20H,3-10H2;2*1H/t16-;;/m1../s1. The van der Waals surface area contributed by atoms with Crippen LogP contribution in [0, 0.1) is 5.92 Å². The minimum atomic E-state index is 0. The molecule has 1 atom stereocenters. The van der Waals surface area contributed by atoms with Gasteiger partial charge in [0.15, 0.2) is 0 Å².